The number of aryl methyl sites for hydroxylation is 1. The molecule has 4 saturated carbocycles. The van der Waals surface area contributed by atoms with Crippen molar-refractivity contribution in [3.8, 4) is 0 Å². The third-order valence-electron chi connectivity index (χ3n) is 5.90. The van der Waals surface area contributed by atoms with Crippen molar-refractivity contribution in [2.75, 3.05) is 5.32 Å². The Morgan fingerprint density at radius 3 is 2.29 bits per heavy atom. The van der Waals surface area contributed by atoms with Crippen LogP contribution in [0.25, 0.3) is 0 Å². The molecule has 0 heterocycles. The number of nitrogens with one attached hydrogen (secondary N) is 1. The fourth-order valence-corrected chi connectivity index (χ4v) is 5.26. The number of nitro benzene ring substituents is 1. The van der Waals surface area contributed by atoms with E-state index in [2.05, 4.69) is 5.32 Å². The molecule has 0 saturated heterocycles. The molecule has 5 rings (SSSR count). The fraction of sp³-hybridized carbons (Fsp3) is 0.647. The van der Waals surface area contributed by atoms with Crippen molar-refractivity contribution < 1.29 is 4.92 Å². The van der Waals surface area contributed by atoms with E-state index in [9.17, 15) is 10.1 Å². The molecule has 0 aliphatic heterocycles. The lowest BCUT2D eigenvalue weighted by Gasteiger charge is -2.54. The van der Waals surface area contributed by atoms with E-state index in [-0.39, 0.29) is 10.6 Å². The maximum atomic E-state index is 11.3. The molecule has 4 bridgehead atoms. The second-order valence-electron chi connectivity index (χ2n) is 7.38. The number of hydrogen-bond acceptors (Lipinski definition) is 3. The van der Waals surface area contributed by atoms with Crippen LogP contribution in [0.3, 0.4) is 0 Å². The van der Waals surface area contributed by atoms with Gasteiger partial charge in [0.05, 0.1) is 4.92 Å². The van der Waals surface area contributed by atoms with Gasteiger partial charge in [0.2, 0.25) is 0 Å². The van der Waals surface area contributed by atoms with Gasteiger partial charge in [-0.1, -0.05) is 6.07 Å². The summed E-state index contributed by atoms with van der Waals surface area (Å²) < 4.78 is 0. The maximum absolute atomic E-state index is 11.3. The lowest BCUT2D eigenvalue weighted by molar-refractivity contribution is -0.384. The Kier molecular flexibility index (Phi) is 2.95. The lowest BCUT2D eigenvalue weighted by Crippen LogP contribution is -2.51. The predicted molar refractivity (Wildman–Crippen MR) is 82.3 cm³/mol. The standard InChI is InChI=1S/C17H22N2O2/c1-10-2-3-15(16(4-10)19(20)21)18-17-13-6-11-5-12(8-13)9-14(17)7-11/h2-4,11-14,17-18H,5-9H2,1H3. The Bertz CT molecular complexity index is 556. The highest BCUT2D eigenvalue weighted by molar-refractivity contribution is 5.63. The van der Waals surface area contributed by atoms with Gasteiger partial charge in [0, 0.05) is 12.1 Å². The quantitative estimate of drug-likeness (QED) is 0.671. The first-order valence-corrected chi connectivity index (χ1v) is 8.11. The molecule has 0 aromatic heterocycles. The largest absolute Gasteiger partial charge is 0.376 e. The summed E-state index contributed by atoms with van der Waals surface area (Å²) in [5.41, 5.74) is 1.88. The van der Waals surface area contributed by atoms with E-state index in [1.165, 1.54) is 32.1 Å². The van der Waals surface area contributed by atoms with E-state index in [0.717, 1.165) is 29.2 Å². The Morgan fingerprint density at radius 2 is 1.71 bits per heavy atom. The van der Waals surface area contributed by atoms with Gasteiger partial charge in [0.1, 0.15) is 5.69 Å². The molecule has 1 aromatic rings. The minimum atomic E-state index is -0.259. The summed E-state index contributed by atoms with van der Waals surface area (Å²) in [6.45, 7) is 1.90. The second kappa shape index (κ2) is 4.72. The van der Waals surface area contributed by atoms with Gasteiger partial charge in [0.25, 0.3) is 5.69 Å². The summed E-state index contributed by atoms with van der Waals surface area (Å²) in [5, 5.41) is 14.8. The summed E-state index contributed by atoms with van der Waals surface area (Å²) in [6.07, 6.45) is 6.73. The smallest absolute Gasteiger partial charge is 0.292 e. The summed E-state index contributed by atoms with van der Waals surface area (Å²) in [5.74, 6) is 3.31. The van der Waals surface area contributed by atoms with Crippen LogP contribution in [0.15, 0.2) is 18.2 Å². The molecule has 21 heavy (non-hydrogen) atoms. The first-order chi connectivity index (χ1) is 10.1. The number of nitro groups is 1. The first kappa shape index (κ1) is 13.1. The molecule has 4 heteroatoms. The second-order valence-corrected chi connectivity index (χ2v) is 7.38. The molecule has 0 amide bonds. The van der Waals surface area contributed by atoms with Crippen LogP contribution in [0.2, 0.25) is 0 Å². The fourth-order valence-electron chi connectivity index (χ4n) is 5.26. The third kappa shape index (κ3) is 2.21. The molecular weight excluding hydrogens is 264 g/mol. The number of anilines is 1. The van der Waals surface area contributed by atoms with Gasteiger partial charge < -0.3 is 5.32 Å². The number of nitrogens with zero attached hydrogens (tertiary/aromatic N) is 1. The molecule has 1 N–H and O–H groups in total. The van der Waals surface area contributed by atoms with E-state index in [0.29, 0.717) is 11.7 Å². The molecular formula is C17H22N2O2. The Hall–Kier alpha value is -1.58. The van der Waals surface area contributed by atoms with Gasteiger partial charge in [0.15, 0.2) is 0 Å². The van der Waals surface area contributed by atoms with Crippen molar-refractivity contribution >= 4 is 11.4 Å². The SMILES string of the molecule is Cc1ccc(NC2C3CC4CC(C3)CC2C4)c([N+](=O)[O-])c1. The summed E-state index contributed by atoms with van der Waals surface area (Å²) in [7, 11) is 0. The molecule has 0 spiro atoms. The Balaban J connectivity index is 1.60. The molecule has 1 aromatic carbocycles. The topological polar surface area (TPSA) is 55.2 Å². The molecule has 4 nitrogen and oxygen atoms in total. The van der Waals surface area contributed by atoms with Gasteiger partial charge in [-0.05, 0) is 74.3 Å². The zero-order valence-corrected chi connectivity index (χ0v) is 12.4. The molecule has 4 aliphatic rings. The Labute approximate surface area is 125 Å². The lowest BCUT2D eigenvalue weighted by atomic mass is 9.54. The maximum Gasteiger partial charge on any atom is 0.292 e. The molecule has 0 unspecified atom stereocenters. The van der Waals surface area contributed by atoms with E-state index in [4.69, 9.17) is 0 Å². The average molecular weight is 286 g/mol. The minimum absolute atomic E-state index is 0.226. The van der Waals surface area contributed by atoms with Crippen molar-refractivity contribution in [2.24, 2.45) is 23.7 Å². The van der Waals surface area contributed by atoms with Crippen LogP contribution in [0.5, 0.6) is 0 Å². The van der Waals surface area contributed by atoms with Gasteiger partial charge in [-0.25, -0.2) is 0 Å². The van der Waals surface area contributed by atoms with Gasteiger partial charge >= 0.3 is 0 Å². The van der Waals surface area contributed by atoms with E-state index >= 15 is 0 Å². The van der Waals surface area contributed by atoms with Crippen LogP contribution in [0.1, 0.15) is 37.7 Å². The number of hydrogen-bond donors (Lipinski definition) is 1. The van der Waals surface area contributed by atoms with Crippen molar-refractivity contribution in [1.29, 1.82) is 0 Å². The zero-order valence-electron chi connectivity index (χ0n) is 12.4. The van der Waals surface area contributed by atoms with Crippen LogP contribution in [0, 0.1) is 40.7 Å². The predicted octanol–water partition coefficient (Wildman–Crippen LogP) is 4.14. The molecule has 0 atom stereocenters. The molecule has 0 radical (unpaired) electrons. The van der Waals surface area contributed by atoms with Crippen LogP contribution < -0.4 is 5.32 Å². The monoisotopic (exact) mass is 286 g/mol. The van der Waals surface area contributed by atoms with E-state index in [1.54, 1.807) is 6.07 Å². The van der Waals surface area contributed by atoms with Crippen LogP contribution in [-0.4, -0.2) is 11.0 Å². The van der Waals surface area contributed by atoms with Crippen LogP contribution in [-0.2, 0) is 0 Å². The summed E-state index contributed by atoms with van der Waals surface area (Å²) in [6, 6.07) is 5.97. The van der Waals surface area contributed by atoms with E-state index < -0.39 is 0 Å². The van der Waals surface area contributed by atoms with Crippen molar-refractivity contribution in [2.45, 2.75) is 45.1 Å². The Morgan fingerprint density at radius 1 is 1.10 bits per heavy atom. The third-order valence-corrected chi connectivity index (χ3v) is 5.90. The van der Waals surface area contributed by atoms with Crippen molar-refractivity contribution in [3.63, 3.8) is 0 Å². The highest BCUT2D eigenvalue weighted by Gasteiger charge is 2.48. The highest BCUT2D eigenvalue weighted by atomic mass is 16.6. The summed E-state index contributed by atoms with van der Waals surface area (Å²) >= 11 is 0. The van der Waals surface area contributed by atoms with Gasteiger partial charge in [-0.15, -0.1) is 0 Å². The normalized spacial score (nSPS) is 36.7. The van der Waals surface area contributed by atoms with Crippen LogP contribution >= 0.6 is 0 Å². The molecule has 4 fully saturated rings. The zero-order chi connectivity index (χ0) is 14.6. The van der Waals surface area contributed by atoms with Crippen molar-refractivity contribution in [3.05, 3.63) is 33.9 Å². The van der Waals surface area contributed by atoms with Gasteiger partial charge in [-0.2, -0.15) is 0 Å². The number of rotatable bonds is 3. The summed E-state index contributed by atoms with van der Waals surface area (Å²) in [4.78, 5) is 11.0. The average Bonchev–Trinajstić information content (AvgIpc) is 2.43. The van der Waals surface area contributed by atoms with Gasteiger partial charge in [-0.3, -0.25) is 10.1 Å². The molecule has 4 aliphatic carbocycles. The van der Waals surface area contributed by atoms with Crippen molar-refractivity contribution in [1.82, 2.24) is 0 Å². The highest BCUT2D eigenvalue weighted by Crippen LogP contribution is 2.54. The molecule has 112 valence electrons. The minimum Gasteiger partial charge on any atom is -0.376 e. The number of benzene rings is 1. The van der Waals surface area contributed by atoms with E-state index in [1.807, 2.05) is 19.1 Å². The first-order valence-electron chi connectivity index (χ1n) is 8.11. The van der Waals surface area contributed by atoms with Crippen LogP contribution in [0.4, 0.5) is 11.4 Å².